The zero-order valence-electron chi connectivity index (χ0n) is 19.4. The summed E-state index contributed by atoms with van der Waals surface area (Å²) in [6.07, 6.45) is 9.28. The quantitative estimate of drug-likeness (QED) is 0.150. The molecule has 2 aromatic heterocycles. The van der Waals surface area contributed by atoms with E-state index in [4.69, 9.17) is 23.2 Å². The molecule has 2 aromatic carbocycles. The molecular weight excluding hydrogens is 521 g/mol. The minimum Gasteiger partial charge on any atom is -0.298 e. The Bertz CT molecular complexity index is 1340. The van der Waals surface area contributed by atoms with Gasteiger partial charge in [0, 0.05) is 41.5 Å². The fourth-order valence-electron chi connectivity index (χ4n) is 2.63. The summed E-state index contributed by atoms with van der Waals surface area (Å²) >= 11 is 11.3. The summed E-state index contributed by atoms with van der Waals surface area (Å²) < 4.78 is 26.0. The van der Waals surface area contributed by atoms with Gasteiger partial charge in [-0.15, -0.1) is 0 Å². The van der Waals surface area contributed by atoms with Crippen molar-refractivity contribution in [3.8, 4) is 0 Å². The topological polar surface area (TPSA) is 77.0 Å². The number of ketones is 2. The summed E-state index contributed by atoms with van der Waals surface area (Å²) in [6.45, 7) is 1.52. The molecular formula is C28H20Cl2F2N2O3. The molecule has 0 saturated heterocycles. The highest BCUT2D eigenvalue weighted by Gasteiger charge is 2.05. The van der Waals surface area contributed by atoms with Crippen molar-refractivity contribution < 1.29 is 23.2 Å². The van der Waals surface area contributed by atoms with E-state index in [1.807, 2.05) is 0 Å². The third kappa shape index (κ3) is 9.48. The monoisotopic (exact) mass is 540 g/mol. The number of pyridine rings is 2. The van der Waals surface area contributed by atoms with E-state index in [9.17, 15) is 23.2 Å². The standard InChI is InChI=1S/C14H9ClFNO.C7H4ClFO.C7H7NO/c15-12-4-1-5-13(16)11(12)6-7-14(18)10-3-2-8-17-9-10;8-6-2-1-3-7(9)5(6)4-10;1-6(9)7-3-2-4-8-5-7/h1-9H;1-4H;2-5H,1H3/b7-6+;;. The molecule has 0 bridgehead atoms. The second-order valence-corrected chi connectivity index (χ2v) is 7.94. The minimum absolute atomic E-state index is 0.0584. The lowest BCUT2D eigenvalue weighted by molar-refractivity contribution is 0.101. The van der Waals surface area contributed by atoms with Gasteiger partial charge < -0.3 is 0 Å². The number of aldehydes is 1. The molecule has 0 fully saturated rings. The maximum atomic E-state index is 13.4. The van der Waals surface area contributed by atoms with Crippen LogP contribution in [-0.4, -0.2) is 27.8 Å². The van der Waals surface area contributed by atoms with Gasteiger partial charge >= 0.3 is 0 Å². The number of nitrogens with zero attached hydrogens (tertiary/aromatic N) is 2. The van der Waals surface area contributed by atoms with Crippen molar-refractivity contribution in [3.05, 3.63) is 135 Å². The molecule has 0 unspecified atom stereocenters. The highest BCUT2D eigenvalue weighted by atomic mass is 35.5. The number of carbonyl (C=O) groups is 3. The normalized spacial score (nSPS) is 9.97. The number of aromatic nitrogens is 2. The van der Waals surface area contributed by atoms with E-state index in [1.54, 1.807) is 48.9 Å². The predicted octanol–water partition coefficient (Wildman–Crippen LogP) is 7.35. The Morgan fingerprint density at radius 1 is 0.757 bits per heavy atom. The molecule has 0 aliphatic carbocycles. The lowest BCUT2D eigenvalue weighted by atomic mass is 10.1. The SMILES string of the molecule is CC(=O)c1cccnc1.O=C(/C=C/c1c(F)cccc1Cl)c1cccnc1.O=Cc1c(F)cccc1Cl. The van der Waals surface area contributed by atoms with Gasteiger partial charge in [0.15, 0.2) is 17.9 Å². The average molecular weight is 541 g/mol. The molecule has 0 amide bonds. The number of halogens is 4. The molecule has 0 spiro atoms. The second-order valence-electron chi connectivity index (χ2n) is 7.13. The maximum Gasteiger partial charge on any atom is 0.187 e. The van der Waals surface area contributed by atoms with Gasteiger partial charge in [-0.3, -0.25) is 24.4 Å². The van der Waals surface area contributed by atoms with Gasteiger partial charge in [-0.1, -0.05) is 35.3 Å². The molecule has 0 aliphatic heterocycles. The Labute approximate surface area is 222 Å². The van der Waals surface area contributed by atoms with Crippen molar-refractivity contribution in [2.24, 2.45) is 0 Å². The highest BCUT2D eigenvalue weighted by Crippen LogP contribution is 2.20. The third-order valence-corrected chi connectivity index (χ3v) is 5.19. The van der Waals surface area contributed by atoms with Crippen molar-refractivity contribution in [3.63, 3.8) is 0 Å². The number of hydrogen-bond donors (Lipinski definition) is 0. The fraction of sp³-hybridized carbons (Fsp3) is 0.0357. The maximum absolute atomic E-state index is 13.4. The van der Waals surface area contributed by atoms with Crippen LogP contribution in [0.5, 0.6) is 0 Å². The van der Waals surface area contributed by atoms with E-state index < -0.39 is 11.6 Å². The van der Waals surface area contributed by atoms with Gasteiger partial charge in [0.05, 0.1) is 15.6 Å². The Hall–Kier alpha value is -4.07. The first-order valence-electron chi connectivity index (χ1n) is 10.6. The van der Waals surface area contributed by atoms with Crippen LogP contribution in [0, 0.1) is 11.6 Å². The van der Waals surface area contributed by atoms with Crippen LogP contribution in [0.4, 0.5) is 8.78 Å². The number of Topliss-reactive ketones (excluding diaryl/α,β-unsaturated/α-hetero) is 1. The van der Waals surface area contributed by atoms with Gasteiger partial charge in [-0.25, -0.2) is 8.78 Å². The molecule has 2 heterocycles. The van der Waals surface area contributed by atoms with E-state index >= 15 is 0 Å². The highest BCUT2D eigenvalue weighted by molar-refractivity contribution is 6.33. The first-order valence-corrected chi connectivity index (χ1v) is 11.4. The summed E-state index contributed by atoms with van der Waals surface area (Å²) in [4.78, 5) is 40.1. The summed E-state index contributed by atoms with van der Waals surface area (Å²) in [5, 5.41) is 0.417. The minimum atomic E-state index is -0.581. The zero-order chi connectivity index (χ0) is 27.2. The van der Waals surface area contributed by atoms with Gasteiger partial charge in [-0.05, 0) is 67.6 Å². The number of carbonyl (C=O) groups excluding carboxylic acids is 3. The number of benzene rings is 2. The molecule has 0 saturated carbocycles. The molecule has 37 heavy (non-hydrogen) atoms. The molecule has 0 radical (unpaired) electrons. The number of allylic oxidation sites excluding steroid dienone is 1. The predicted molar refractivity (Wildman–Crippen MR) is 140 cm³/mol. The largest absolute Gasteiger partial charge is 0.298 e. The van der Waals surface area contributed by atoms with Gasteiger partial charge in [-0.2, -0.15) is 0 Å². The molecule has 4 aromatic rings. The lowest BCUT2D eigenvalue weighted by Gasteiger charge is -1.99. The molecule has 0 aliphatic rings. The van der Waals surface area contributed by atoms with Crippen molar-refractivity contribution in [2.75, 3.05) is 0 Å². The summed E-state index contributed by atoms with van der Waals surface area (Å²) in [5.74, 6) is -1.23. The van der Waals surface area contributed by atoms with Crippen LogP contribution in [0.25, 0.3) is 6.08 Å². The Balaban J connectivity index is 0.000000214. The van der Waals surface area contributed by atoms with Crippen LogP contribution < -0.4 is 0 Å². The molecule has 4 rings (SSSR count). The Morgan fingerprint density at radius 3 is 1.65 bits per heavy atom. The Kier molecular flexibility index (Phi) is 11.9. The van der Waals surface area contributed by atoms with E-state index in [0.717, 1.165) is 0 Å². The van der Waals surface area contributed by atoms with Crippen molar-refractivity contribution in [2.45, 2.75) is 6.92 Å². The smallest absolute Gasteiger partial charge is 0.187 e. The second kappa shape index (κ2) is 15.1. The molecule has 0 atom stereocenters. The van der Waals surface area contributed by atoms with Crippen molar-refractivity contribution in [1.29, 1.82) is 0 Å². The number of hydrogen-bond acceptors (Lipinski definition) is 5. The summed E-state index contributed by atoms with van der Waals surface area (Å²) in [7, 11) is 0. The summed E-state index contributed by atoms with van der Waals surface area (Å²) in [6, 6.07) is 15.3. The van der Waals surface area contributed by atoms with Crippen LogP contribution in [-0.2, 0) is 0 Å². The van der Waals surface area contributed by atoms with Gasteiger partial charge in [0.2, 0.25) is 0 Å². The molecule has 9 heteroatoms. The molecule has 0 N–H and O–H groups in total. The van der Waals surface area contributed by atoms with Crippen LogP contribution in [0.15, 0.2) is 91.5 Å². The Morgan fingerprint density at radius 2 is 1.27 bits per heavy atom. The van der Waals surface area contributed by atoms with Crippen LogP contribution >= 0.6 is 23.2 Å². The van der Waals surface area contributed by atoms with Crippen LogP contribution in [0.3, 0.4) is 0 Å². The number of rotatable bonds is 5. The fourth-order valence-corrected chi connectivity index (χ4v) is 3.06. The van der Waals surface area contributed by atoms with Gasteiger partial charge in [0.25, 0.3) is 0 Å². The summed E-state index contributed by atoms with van der Waals surface area (Å²) in [5.41, 5.74) is 1.24. The first kappa shape index (κ1) is 29.2. The lowest BCUT2D eigenvalue weighted by Crippen LogP contribution is -1.94. The molecule has 5 nitrogen and oxygen atoms in total. The molecule has 188 valence electrons. The average Bonchev–Trinajstić information content (AvgIpc) is 2.90. The van der Waals surface area contributed by atoms with E-state index in [1.165, 1.54) is 55.6 Å². The van der Waals surface area contributed by atoms with E-state index in [0.29, 0.717) is 17.4 Å². The van der Waals surface area contributed by atoms with E-state index in [-0.39, 0.29) is 32.7 Å². The van der Waals surface area contributed by atoms with Crippen molar-refractivity contribution >= 4 is 47.1 Å². The third-order valence-electron chi connectivity index (χ3n) is 4.53. The zero-order valence-corrected chi connectivity index (χ0v) is 21.0. The van der Waals surface area contributed by atoms with Crippen LogP contribution in [0.2, 0.25) is 10.0 Å². The van der Waals surface area contributed by atoms with Gasteiger partial charge in [0.1, 0.15) is 11.6 Å². The van der Waals surface area contributed by atoms with E-state index in [2.05, 4.69) is 9.97 Å². The van der Waals surface area contributed by atoms with Crippen LogP contribution in [0.1, 0.15) is 43.6 Å². The van der Waals surface area contributed by atoms with Crippen molar-refractivity contribution in [1.82, 2.24) is 9.97 Å². The first-order chi connectivity index (χ1) is 17.7.